The van der Waals surface area contributed by atoms with E-state index < -0.39 is 23.7 Å². The van der Waals surface area contributed by atoms with Gasteiger partial charge in [0.25, 0.3) is 5.91 Å². The molecule has 1 amide bonds. The maximum atomic E-state index is 13.1. The van der Waals surface area contributed by atoms with Crippen LogP contribution in [-0.2, 0) is 4.79 Å². The van der Waals surface area contributed by atoms with E-state index in [4.69, 9.17) is 5.11 Å². The SMILES string of the molecule is CCC[C@@H](NC(=O)c1cc(F)ccc1C)C(=O)O. The van der Waals surface area contributed by atoms with Crippen LogP contribution in [0.25, 0.3) is 0 Å². The first-order valence-electron chi connectivity index (χ1n) is 5.75. The molecule has 1 atom stereocenters. The first-order chi connectivity index (χ1) is 8.45. The van der Waals surface area contributed by atoms with Crippen LogP contribution in [0.5, 0.6) is 0 Å². The van der Waals surface area contributed by atoms with Crippen molar-refractivity contribution in [3.8, 4) is 0 Å². The van der Waals surface area contributed by atoms with Crippen LogP contribution in [0.4, 0.5) is 4.39 Å². The largest absolute Gasteiger partial charge is 0.480 e. The summed E-state index contributed by atoms with van der Waals surface area (Å²) in [5, 5.41) is 11.3. The Morgan fingerprint density at radius 2 is 2.11 bits per heavy atom. The van der Waals surface area contributed by atoms with E-state index in [1.807, 2.05) is 6.92 Å². The summed E-state index contributed by atoms with van der Waals surface area (Å²) in [5.41, 5.74) is 0.770. The molecule has 0 unspecified atom stereocenters. The summed E-state index contributed by atoms with van der Waals surface area (Å²) in [6.45, 7) is 3.50. The Bertz CT molecular complexity index is 460. The third kappa shape index (κ3) is 3.55. The van der Waals surface area contributed by atoms with Crippen LogP contribution >= 0.6 is 0 Å². The standard InChI is InChI=1S/C13H16FNO3/c1-3-4-11(13(17)18)15-12(16)10-7-9(14)6-5-8(10)2/h5-7,11H,3-4H2,1-2H3,(H,15,16)(H,17,18)/t11-/m1/s1. The summed E-state index contributed by atoms with van der Waals surface area (Å²) in [6, 6.07) is 2.91. The average molecular weight is 253 g/mol. The van der Waals surface area contributed by atoms with E-state index in [9.17, 15) is 14.0 Å². The molecule has 0 aliphatic carbocycles. The first-order valence-corrected chi connectivity index (χ1v) is 5.75. The van der Waals surface area contributed by atoms with Gasteiger partial charge in [0.15, 0.2) is 0 Å². The Morgan fingerprint density at radius 1 is 1.44 bits per heavy atom. The molecule has 0 aliphatic heterocycles. The molecule has 2 N–H and O–H groups in total. The molecule has 1 aromatic rings. The molecule has 0 heterocycles. The van der Waals surface area contributed by atoms with Crippen molar-refractivity contribution in [3.05, 3.63) is 35.1 Å². The number of carboxylic acids is 1. The van der Waals surface area contributed by atoms with E-state index in [1.54, 1.807) is 6.92 Å². The summed E-state index contributed by atoms with van der Waals surface area (Å²) in [5.74, 6) is -2.17. The second kappa shape index (κ2) is 6.14. The van der Waals surface area contributed by atoms with Crippen molar-refractivity contribution in [2.24, 2.45) is 0 Å². The van der Waals surface area contributed by atoms with E-state index in [0.717, 1.165) is 6.07 Å². The number of amides is 1. The zero-order valence-electron chi connectivity index (χ0n) is 10.4. The van der Waals surface area contributed by atoms with E-state index in [0.29, 0.717) is 18.4 Å². The molecule has 0 fully saturated rings. The third-order valence-corrected chi connectivity index (χ3v) is 2.63. The van der Waals surface area contributed by atoms with Gasteiger partial charge in [-0.25, -0.2) is 9.18 Å². The van der Waals surface area contributed by atoms with E-state index in [2.05, 4.69) is 5.32 Å². The minimum Gasteiger partial charge on any atom is -0.480 e. The molecule has 4 nitrogen and oxygen atoms in total. The number of rotatable bonds is 5. The van der Waals surface area contributed by atoms with Crippen LogP contribution in [0.3, 0.4) is 0 Å². The van der Waals surface area contributed by atoms with Crippen molar-refractivity contribution in [1.29, 1.82) is 0 Å². The molecule has 0 saturated carbocycles. The summed E-state index contributed by atoms with van der Waals surface area (Å²) >= 11 is 0. The Labute approximate surface area is 105 Å². The predicted octanol–water partition coefficient (Wildman–Crippen LogP) is 2.12. The molecule has 0 bridgehead atoms. The molecule has 0 saturated heterocycles. The maximum absolute atomic E-state index is 13.1. The molecule has 1 rings (SSSR count). The monoisotopic (exact) mass is 253 g/mol. The molecular formula is C13H16FNO3. The van der Waals surface area contributed by atoms with Gasteiger partial charge in [-0.1, -0.05) is 19.4 Å². The number of benzene rings is 1. The third-order valence-electron chi connectivity index (χ3n) is 2.63. The number of aryl methyl sites for hydroxylation is 1. The highest BCUT2D eigenvalue weighted by atomic mass is 19.1. The quantitative estimate of drug-likeness (QED) is 0.844. The molecule has 5 heteroatoms. The van der Waals surface area contributed by atoms with Crippen LogP contribution in [-0.4, -0.2) is 23.0 Å². The van der Waals surface area contributed by atoms with Crippen molar-refractivity contribution >= 4 is 11.9 Å². The van der Waals surface area contributed by atoms with Gasteiger partial charge in [0.2, 0.25) is 0 Å². The fraction of sp³-hybridized carbons (Fsp3) is 0.385. The highest BCUT2D eigenvalue weighted by Crippen LogP contribution is 2.11. The van der Waals surface area contributed by atoms with Crippen molar-refractivity contribution < 1.29 is 19.1 Å². The summed E-state index contributed by atoms with van der Waals surface area (Å²) < 4.78 is 13.1. The van der Waals surface area contributed by atoms with Gasteiger partial charge in [0.1, 0.15) is 11.9 Å². The number of aliphatic carboxylic acids is 1. The summed E-state index contributed by atoms with van der Waals surface area (Å²) in [6.07, 6.45) is 0.981. The number of nitrogens with one attached hydrogen (secondary N) is 1. The number of carbonyl (C=O) groups is 2. The lowest BCUT2D eigenvalue weighted by atomic mass is 10.1. The molecule has 0 spiro atoms. The molecule has 0 aromatic heterocycles. The molecule has 0 radical (unpaired) electrons. The van der Waals surface area contributed by atoms with E-state index >= 15 is 0 Å². The number of carboxylic acid groups (broad SMARTS) is 1. The first kappa shape index (κ1) is 14.2. The molecular weight excluding hydrogens is 237 g/mol. The molecule has 18 heavy (non-hydrogen) atoms. The Kier molecular flexibility index (Phi) is 4.83. The van der Waals surface area contributed by atoms with E-state index in [-0.39, 0.29) is 5.56 Å². The maximum Gasteiger partial charge on any atom is 0.326 e. The fourth-order valence-electron chi connectivity index (χ4n) is 1.62. The summed E-state index contributed by atoms with van der Waals surface area (Å²) in [7, 11) is 0. The topological polar surface area (TPSA) is 66.4 Å². The Balaban J connectivity index is 2.86. The van der Waals surface area contributed by atoms with Crippen molar-refractivity contribution in [2.45, 2.75) is 32.7 Å². The van der Waals surface area contributed by atoms with Crippen LogP contribution in [0.15, 0.2) is 18.2 Å². The van der Waals surface area contributed by atoms with Gasteiger partial charge in [0, 0.05) is 5.56 Å². The van der Waals surface area contributed by atoms with Crippen molar-refractivity contribution in [1.82, 2.24) is 5.32 Å². The Hall–Kier alpha value is -1.91. The minimum absolute atomic E-state index is 0.164. The van der Waals surface area contributed by atoms with Crippen LogP contribution in [0, 0.1) is 12.7 Å². The lowest BCUT2D eigenvalue weighted by Gasteiger charge is -2.14. The van der Waals surface area contributed by atoms with Gasteiger partial charge in [-0.05, 0) is 31.0 Å². The lowest BCUT2D eigenvalue weighted by Crippen LogP contribution is -2.40. The molecule has 0 aliphatic rings. The zero-order chi connectivity index (χ0) is 13.7. The smallest absolute Gasteiger partial charge is 0.326 e. The van der Waals surface area contributed by atoms with Gasteiger partial charge in [0.05, 0.1) is 0 Å². The number of halogens is 1. The van der Waals surface area contributed by atoms with Gasteiger partial charge in [-0.15, -0.1) is 0 Å². The highest BCUT2D eigenvalue weighted by Gasteiger charge is 2.20. The lowest BCUT2D eigenvalue weighted by molar-refractivity contribution is -0.139. The predicted molar refractivity (Wildman–Crippen MR) is 64.9 cm³/mol. The van der Waals surface area contributed by atoms with Crippen LogP contribution in [0.2, 0.25) is 0 Å². The normalized spacial score (nSPS) is 11.9. The van der Waals surface area contributed by atoms with Gasteiger partial charge in [-0.2, -0.15) is 0 Å². The summed E-state index contributed by atoms with van der Waals surface area (Å²) in [4.78, 5) is 22.8. The van der Waals surface area contributed by atoms with Crippen molar-refractivity contribution in [2.75, 3.05) is 0 Å². The minimum atomic E-state index is -1.08. The highest BCUT2D eigenvalue weighted by molar-refractivity contribution is 5.97. The van der Waals surface area contributed by atoms with Gasteiger partial charge < -0.3 is 10.4 Å². The molecule has 98 valence electrons. The second-order valence-corrected chi connectivity index (χ2v) is 4.11. The second-order valence-electron chi connectivity index (χ2n) is 4.11. The fourth-order valence-corrected chi connectivity index (χ4v) is 1.62. The molecule has 1 aromatic carbocycles. The number of carbonyl (C=O) groups excluding carboxylic acids is 1. The Morgan fingerprint density at radius 3 is 2.67 bits per heavy atom. The van der Waals surface area contributed by atoms with Crippen LogP contribution in [0.1, 0.15) is 35.7 Å². The zero-order valence-corrected chi connectivity index (χ0v) is 10.4. The van der Waals surface area contributed by atoms with Gasteiger partial charge in [-0.3, -0.25) is 4.79 Å². The van der Waals surface area contributed by atoms with E-state index in [1.165, 1.54) is 12.1 Å². The van der Waals surface area contributed by atoms with Crippen molar-refractivity contribution in [3.63, 3.8) is 0 Å². The number of hydrogen-bond donors (Lipinski definition) is 2. The average Bonchev–Trinajstić information content (AvgIpc) is 2.31. The van der Waals surface area contributed by atoms with Gasteiger partial charge >= 0.3 is 5.97 Å². The van der Waals surface area contributed by atoms with Crippen LogP contribution < -0.4 is 5.32 Å². The number of hydrogen-bond acceptors (Lipinski definition) is 2.